The molecule has 1 aromatic carbocycles. The number of rotatable bonds is 5. The Bertz CT molecular complexity index is 643. The van der Waals surface area contributed by atoms with Crippen molar-refractivity contribution in [2.75, 3.05) is 6.54 Å². The summed E-state index contributed by atoms with van der Waals surface area (Å²) in [6.07, 6.45) is 0.288. The third kappa shape index (κ3) is 4.05. The first kappa shape index (κ1) is 15.1. The largest absolute Gasteiger partial charge is 0.478 e. The molecule has 0 spiro atoms. The molecule has 0 saturated heterocycles. The number of hydrogen-bond donors (Lipinski definition) is 2. The molecule has 0 fully saturated rings. The van der Waals surface area contributed by atoms with Gasteiger partial charge in [-0.05, 0) is 25.1 Å². The standard InChI is InChI=1S/C12H12FNO4S/c1-2-3-4-7-14-19(17,18)11-8-9(12(15)16)5-6-10(11)13/h5-6,8,14H,4,7H2,1H3,(H,15,16). The van der Waals surface area contributed by atoms with Gasteiger partial charge in [0.15, 0.2) is 0 Å². The normalized spacial score (nSPS) is 10.6. The van der Waals surface area contributed by atoms with Crippen LogP contribution in [0.5, 0.6) is 0 Å². The maximum Gasteiger partial charge on any atom is 0.335 e. The summed E-state index contributed by atoms with van der Waals surface area (Å²) in [4.78, 5) is 10.1. The van der Waals surface area contributed by atoms with E-state index in [-0.39, 0.29) is 18.5 Å². The Balaban J connectivity index is 3.02. The summed E-state index contributed by atoms with van der Waals surface area (Å²) >= 11 is 0. The molecular weight excluding hydrogens is 273 g/mol. The summed E-state index contributed by atoms with van der Waals surface area (Å²) in [5.41, 5.74) is -0.296. The number of carboxylic acid groups (broad SMARTS) is 1. The zero-order valence-electron chi connectivity index (χ0n) is 10.1. The van der Waals surface area contributed by atoms with Crippen LogP contribution < -0.4 is 4.72 Å². The van der Waals surface area contributed by atoms with Gasteiger partial charge in [-0.25, -0.2) is 22.3 Å². The van der Waals surface area contributed by atoms with Crippen LogP contribution in [0.2, 0.25) is 0 Å². The lowest BCUT2D eigenvalue weighted by Crippen LogP contribution is -2.25. The highest BCUT2D eigenvalue weighted by atomic mass is 32.2. The lowest BCUT2D eigenvalue weighted by molar-refractivity contribution is 0.0696. The molecule has 1 aromatic rings. The Morgan fingerprint density at radius 2 is 2.16 bits per heavy atom. The van der Waals surface area contributed by atoms with Crippen LogP contribution in [-0.4, -0.2) is 26.0 Å². The highest BCUT2D eigenvalue weighted by molar-refractivity contribution is 7.89. The molecule has 0 heterocycles. The third-order valence-electron chi connectivity index (χ3n) is 2.19. The van der Waals surface area contributed by atoms with Crippen molar-refractivity contribution >= 4 is 16.0 Å². The molecule has 0 aromatic heterocycles. The van der Waals surface area contributed by atoms with Crippen LogP contribution in [0.3, 0.4) is 0 Å². The Morgan fingerprint density at radius 1 is 1.47 bits per heavy atom. The zero-order chi connectivity index (χ0) is 14.5. The van der Waals surface area contributed by atoms with Gasteiger partial charge in [0, 0.05) is 13.0 Å². The minimum absolute atomic E-state index is 0.0277. The Hall–Kier alpha value is -1.91. The summed E-state index contributed by atoms with van der Waals surface area (Å²) in [5.74, 6) is 2.92. The Kier molecular flexibility index (Phi) is 5.03. The van der Waals surface area contributed by atoms with E-state index in [0.717, 1.165) is 18.2 Å². The number of nitrogens with one attached hydrogen (secondary N) is 1. The van der Waals surface area contributed by atoms with E-state index in [9.17, 15) is 17.6 Å². The van der Waals surface area contributed by atoms with Gasteiger partial charge in [-0.2, -0.15) is 0 Å². The second-order valence-corrected chi connectivity index (χ2v) is 5.26. The SMILES string of the molecule is CC#CCCNS(=O)(=O)c1cc(C(=O)O)ccc1F. The van der Waals surface area contributed by atoms with Crippen molar-refractivity contribution in [2.45, 2.75) is 18.2 Å². The van der Waals surface area contributed by atoms with Crippen molar-refractivity contribution in [2.24, 2.45) is 0 Å². The number of benzene rings is 1. The van der Waals surface area contributed by atoms with E-state index in [2.05, 4.69) is 16.6 Å². The Morgan fingerprint density at radius 3 is 2.74 bits per heavy atom. The highest BCUT2D eigenvalue weighted by Crippen LogP contribution is 2.16. The van der Waals surface area contributed by atoms with Crippen LogP contribution in [0.1, 0.15) is 23.7 Å². The molecule has 0 amide bonds. The molecule has 2 N–H and O–H groups in total. The average Bonchev–Trinajstić information content (AvgIpc) is 2.34. The molecule has 1 rings (SSSR count). The van der Waals surface area contributed by atoms with Crippen LogP contribution in [0, 0.1) is 17.7 Å². The number of carbonyl (C=O) groups is 1. The monoisotopic (exact) mass is 285 g/mol. The van der Waals surface area contributed by atoms with Crippen molar-refractivity contribution in [3.05, 3.63) is 29.6 Å². The van der Waals surface area contributed by atoms with E-state index < -0.39 is 26.7 Å². The topological polar surface area (TPSA) is 83.5 Å². The average molecular weight is 285 g/mol. The molecule has 0 aliphatic heterocycles. The number of carboxylic acids is 1. The number of halogens is 1. The molecule has 0 aliphatic rings. The second kappa shape index (κ2) is 6.31. The summed E-state index contributed by atoms with van der Waals surface area (Å²) in [5, 5.41) is 8.76. The smallest absolute Gasteiger partial charge is 0.335 e. The predicted molar refractivity (Wildman–Crippen MR) is 66.6 cm³/mol. The first-order chi connectivity index (χ1) is 8.88. The number of sulfonamides is 1. The minimum atomic E-state index is -4.08. The van der Waals surface area contributed by atoms with Gasteiger partial charge in [0.25, 0.3) is 0 Å². The molecule has 0 radical (unpaired) electrons. The van der Waals surface area contributed by atoms with Gasteiger partial charge >= 0.3 is 5.97 Å². The van der Waals surface area contributed by atoms with E-state index in [1.807, 2.05) is 0 Å². The van der Waals surface area contributed by atoms with Gasteiger partial charge in [-0.1, -0.05) is 0 Å². The molecule has 0 bridgehead atoms. The van der Waals surface area contributed by atoms with Crippen LogP contribution >= 0.6 is 0 Å². The van der Waals surface area contributed by atoms with Gasteiger partial charge in [-0.3, -0.25) is 0 Å². The first-order valence-corrected chi connectivity index (χ1v) is 6.79. The van der Waals surface area contributed by atoms with Crippen molar-refractivity contribution in [1.82, 2.24) is 4.72 Å². The quantitative estimate of drug-likeness (QED) is 0.629. The summed E-state index contributed by atoms with van der Waals surface area (Å²) in [7, 11) is -4.08. The van der Waals surface area contributed by atoms with Crippen LogP contribution in [0.15, 0.2) is 23.1 Å². The predicted octanol–water partition coefficient (Wildman–Crippen LogP) is 1.22. The fourth-order valence-corrected chi connectivity index (χ4v) is 2.43. The molecule has 0 saturated carbocycles. The van der Waals surface area contributed by atoms with Gasteiger partial charge in [0.2, 0.25) is 10.0 Å². The van der Waals surface area contributed by atoms with Crippen LogP contribution in [-0.2, 0) is 10.0 Å². The van der Waals surface area contributed by atoms with E-state index in [0.29, 0.717) is 0 Å². The third-order valence-corrected chi connectivity index (χ3v) is 3.66. The van der Waals surface area contributed by atoms with Crippen molar-refractivity contribution in [1.29, 1.82) is 0 Å². The van der Waals surface area contributed by atoms with Crippen molar-refractivity contribution in [3.8, 4) is 11.8 Å². The van der Waals surface area contributed by atoms with Crippen molar-refractivity contribution < 1.29 is 22.7 Å². The zero-order valence-corrected chi connectivity index (χ0v) is 10.9. The molecule has 0 atom stereocenters. The molecule has 0 aliphatic carbocycles. The molecular formula is C12H12FNO4S. The molecule has 5 nitrogen and oxygen atoms in total. The van der Waals surface area contributed by atoms with Gasteiger partial charge in [0.05, 0.1) is 5.56 Å². The maximum atomic E-state index is 13.5. The van der Waals surface area contributed by atoms with Gasteiger partial charge in [0.1, 0.15) is 10.7 Å². The van der Waals surface area contributed by atoms with E-state index >= 15 is 0 Å². The minimum Gasteiger partial charge on any atom is -0.478 e. The van der Waals surface area contributed by atoms with E-state index in [4.69, 9.17) is 5.11 Å². The summed E-state index contributed by atoms with van der Waals surface area (Å²) < 4.78 is 39.2. The fraction of sp³-hybridized carbons (Fsp3) is 0.250. The molecule has 0 unspecified atom stereocenters. The first-order valence-electron chi connectivity index (χ1n) is 5.30. The Labute approximate surface area is 110 Å². The highest BCUT2D eigenvalue weighted by Gasteiger charge is 2.20. The number of hydrogen-bond acceptors (Lipinski definition) is 3. The van der Waals surface area contributed by atoms with Gasteiger partial charge < -0.3 is 5.11 Å². The van der Waals surface area contributed by atoms with Gasteiger partial charge in [-0.15, -0.1) is 11.8 Å². The molecule has 19 heavy (non-hydrogen) atoms. The van der Waals surface area contributed by atoms with Crippen LogP contribution in [0.25, 0.3) is 0 Å². The molecule has 102 valence electrons. The maximum absolute atomic E-state index is 13.5. The lowest BCUT2D eigenvalue weighted by Gasteiger charge is -2.07. The summed E-state index contributed by atoms with van der Waals surface area (Å²) in [6, 6.07) is 2.59. The van der Waals surface area contributed by atoms with E-state index in [1.54, 1.807) is 6.92 Å². The lowest BCUT2D eigenvalue weighted by atomic mass is 10.2. The second-order valence-electron chi connectivity index (χ2n) is 3.52. The fourth-order valence-electron chi connectivity index (χ4n) is 1.29. The van der Waals surface area contributed by atoms with E-state index in [1.165, 1.54) is 0 Å². The van der Waals surface area contributed by atoms with Crippen molar-refractivity contribution in [3.63, 3.8) is 0 Å². The van der Waals surface area contributed by atoms with Crippen LogP contribution in [0.4, 0.5) is 4.39 Å². The molecule has 7 heteroatoms. The number of aromatic carboxylic acids is 1. The summed E-state index contributed by atoms with van der Waals surface area (Å²) in [6.45, 7) is 1.64.